The number of imidazole rings is 1. The zero-order valence-electron chi connectivity index (χ0n) is 13.6. The molecule has 0 aliphatic carbocycles. The Hall–Kier alpha value is -2.79. The predicted octanol–water partition coefficient (Wildman–Crippen LogP) is 3.89. The molecule has 3 aromatic rings. The van der Waals surface area contributed by atoms with Crippen molar-refractivity contribution in [3.8, 4) is 17.1 Å². The summed E-state index contributed by atoms with van der Waals surface area (Å²) < 4.78 is 7.26. The number of rotatable bonds is 6. The van der Waals surface area contributed by atoms with Crippen LogP contribution < -0.4 is 4.74 Å². The highest BCUT2D eigenvalue weighted by Gasteiger charge is 2.21. The number of halogens is 1. The van der Waals surface area contributed by atoms with Crippen LogP contribution in [0.4, 0.5) is 0 Å². The lowest BCUT2D eigenvalue weighted by molar-refractivity contribution is -0.136. The van der Waals surface area contributed by atoms with Gasteiger partial charge in [0.15, 0.2) is 5.15 Å². The van der Waals surface area contributed by atoms with Crippen LogP contribution in [0.3, 0.4) is 0 Å². The number of nitrogens with zero attached hydrogens (tertiary/aromatic N) is 2. The Morgan fingerprint density at radius 3 is 2.52 bits per heavy atom. The van der Waals surface area contributed by atoms with E-state index in [-0.39, 0.29) is 11.6 Å². The molecule has 0 amide bonds. The summed E-state index contributed by atoms with van der Waals surface area (Å²) in [6, 6.07) is 17.2. The van der Waals surface area contributed by atoms with Crippen molar-refractivity contribution in [1.82, 2.24) is 9.55 Å². The van der Waals surface area contributed by atoms with E-state index in [2.05, 4.69) is 4.98 Å². The van der Waals surface area contributed by atoms with Gasteiger partial charge in [0.25, 0.3) is 0 Å². The quantitative estimate of drug-likeness (QED) is 0.727. The summed E-state index contributed by atoms with van der Waals surface area (Å²) in [4.78, 5) is 15.7. The molecule has 0 radical (unpaired) electrons. The molecule has 0 atom stereocenters. The van der Waals surface area contributed by atoms with Gasteiger partial charge in [0.05, 0.1) is 24.8 Å². The van der Waals surface area contributed by atoms with Crippen molar-refractivity contribution in [3.05, 3.63) is 71.0 Å². The summed E-state index contributed by atoms with van der Waals surface area (Å²) in [5, 5.41) is 9.43. The molecule has 1 N–H and O–H groups in total. The minimum atomic E-state index is -0.956. The molecule has 25 heavy (non-hydrogen) atoms. The van der Waals surface area contributed by atoms with E-state index in [1.54, 1.807) is 7.11 Å². The number of carboxylic acids is 1. The summed E-state index contributed by atoms with van der Waals surface area (Å²) in [6.45, 7) is 0.469. The maximum Gasteiger partial charge on any atom is 0.309 e. The highest BCUT2D eigenvalue weighted by atomic mass is 35.5. The zero-order valence-corrected chi connectivity index (χ0v) is 14.4. The minimum absolute atomic E-state index is 0.194. The van der Waals surface area contributed by atoms with Gasteiger partial charge in [-0.25, -0.2) is 4.98 Å². The first-order valence-corrected chi connectivity index (χ1v) is 8.12. The maximum absolute atomic E-state index is 11.3. The first-order chi connectivity index (χ1) is 12.1. The number of ether oxygens (including phenoxy) is 1. The van der Waals surface area contributed by atoms with Crippen LogP contribution in [0.25, 0.3) is 11.4 Å². The topological polar surface area (TPSA) is 64.3 Å². The van der Waals surface area contributed by atoms with Gasteiger partial charge < -0.3 is 14.4 Å². The Labute approximate surface area is 150 Å². The van der Waals surface area contributed by atoms with Gasteiger partial charge >= 0.3 is 5.97 Å². The van der Waals surface area contributed by atoms with Gasteiger partial charge in [-0.05, 0) is 17.7 Å². The number of benzene rings is 2. The summed E-state index contributed by atoms with van der Waals surface area (Å²) in [6.07, 6.45) is -0.201. The Balaban J connectivity index is 2.16. The van der Waals surface area contributed by atoms with E-state index in [1.165, 1.54) is 0 Å². The molecular weight excluding hydrogens is 340 g/mol. The fourth-order valence-electron chi connectivity index (χ4n) is 2.74. The number of hydrogen-bond acceptors (Lipinski definition) is 3. The number of aromatic nitrogens is 2. The lowest BCUT2D eigenvalue weighted by Gasteiger charge is -2.13. The first-order valence-electron chi connectivity index (χ1n) is 7.74. The smallest absolute Gasteiger partial charge is 0.309 e. The fraction of sp³-hybridized carbons (Fsp3) is 0.158. The molecule has 2 aromatic carbocycles. The molecule has 0 bridgehead atoms. The molecule has 6 heteroatoms. The molecule has 5 nitrogen and oxygen atoms in total. The van der Waals surface area contributed by atoms with Gasteiger partial charge in [-0.2, -0.15) is 0 Å². The number of hydrogen-bond donors (Lipinski definition) is 1. The van der Waals surface area contributed by atoms with Crippen LogP contribution in [-0.4, -0.2) is 27.7 Å². The average molecular weight is 357 g/mol. The van der Waals surface area contributed by atoms with Crippen molar-refractivity contribution >= 4 is 17.6 Å². The maximum atomic E-state index is 11.3. The second-order valence-corrected chi connectivity index (χ2v) is 5.87. The zero-order chi connectivity index (χ0) is 17.8. The van der Waals surface area contributed by atoms with E-state index in [0.717, 1.165) is 11.1 Å². The molecular formula is C19H17ClN2O3. The number of para-hydroxylation sites is 1. The Bertz CT molecular complexity index is 891. The molecule has 1 heterocycles. The van der Waals surface area contributed by atoms with Crippen LogP contribution in [0.15, 0.2) is 54.6 Å². The van der Waals surface area contributed by atoms with E-state index in [4.69, 9.17) is 16.3 Å². The molecule has 0 aliphatic rings. The van der Waals surface area contributed by atoms with Gasteiger partial charge in [-0.1, -0.05) is 54.1 Å². The molecule has 0 saturated carbocycles. The van der Waals surface area contributed by atoms with Gasteiger partial charge in [-0.15, -0.1) is 0 Å². The molecule has 0 aliphatic heterocycles. The third-order valence-electron chi connectivity index (χ3n) is 3.87. The van der Waals surface area contributed by atoms with E-state index >= 15 is 0 Å². The number of carbonyl (C=O) groups is 1. The number of methoxy groups -OCH3 is 1. The third kappa shape index (κ3) is 3.67. The summed E-state index contributed by atoms with van der Waals surface area (Å²) in [5.41, 5.74) is 2.26. The Morgan fingerprint density at radius 2 is 1.84 bits per heavy atom. The van der Waals surface area contributed by atoms with Crippen molar-refractivity contribution in [3.63, 3.8) is 0 Å². The standard InChI is InChI=1S/C19H17ClN2O3/c1-25-16-10-6-5-9-14(16)19-21-18(20)15(11-17(23)24)22(19)12-13-7-3-2-4-8-13/h2-10H,11-12H2,1H3,(H,23,24). The van der Waals surface area contributed by atoms with Crippen LogP contribution in [-0.2, 0) is 17.8 Å². The lowest BCUT2D eigenvalue weighted by Crippen LogP contribution is -2.11. The Kier molecular flexibility index (Phi) is 5.05. The fourth-order valence-corrected chi connectivity index (χ4v) is 2.99. The molecule has 0 saturated heterocycles. The van der Waals surface area contributed by atoms with E-state index < -0.39 is 5.97 Å². The van der Waals surface area contributed by atoms with Gasteiger partial charge in [0, 0.05) is 6.54 Å². The molecule has 3 rings (SSSR count). The van der Waals surface area contributed by atoms with Crippen LogP contribution in [0.1, 0.15) is 11.3 Å². The SMILES string of the molecule is COc1ccccc1-c1nc(Cl)c(CC(=O)O)n1Cc1ccccc1. The third-order valence-corrected chi connectivity index (χ3v) is 4.18. The molecule has 0 fully saturated rings. The molecule has 1 aromatic heterocycles. The van der Waals surface area contributed by atoms with Gasteiger partial charge in [0.1, 0.15) is 11.6 Å². The monoisotopic (exact) mass is 356 g/mol. The van der Waals surface area contributed by atoms with Crippen molar-refractivity contribution in [2.24, 2.45) is 0 Å². The van der Waals surface area contributed by atoms with Crippen LogP contribution in [0, 0.1) is 0 Å². The van der Waals surface area contributed by atoms with Crippen molar-refractivity contribution in [1.29, 1.82) is 0 Å². The van der Waals surface area contributed by atoms with E-state index in [1.807, 2.05) is 59.2 Å². The molecule has 0 unspecified atom stereocenters. The van der Waals surface area contributed by atoms with Crippen molar-refractivity contribution < 1.29 is 14.6 Å². The van der Waals surface area contributed by atoms with E-state index in [0.29, 0.717) is 23.8 Å². The predicted molar refractivity (Wildman–Crippen MR) is 96.1 cm³/mol. The van der Waals surface area contributed by atoms with Crippen molar-refractivity contribution in [2.45, 2.75) is 13.0 Å². The first kappa shape index (κ1) is 17.0. The summed E-state index contributed by atoms with van der Waals surface area (Å²) in [7, 11) is 1.59. The Morgan fingerprint density at radius 1 is 1.16 bits per heavy atom. The second-order valence-electron chi connectivity index (χ2n) is 5.52. The molecule has 128 valence electrons. The van der Waals surface area contributed by atoms with Crippen LogP contribution >= 0.6 is 11.6 Å². The minimum Gasteiger partial charge on any atom is -0.496 e. The second kappa shape index (κ2) is 7.40. The van der Waals surface area contributed by atoms with Crippen LogP contribution in [0.5, 0.6) is 5.75 Å². The van der Waals surface area contributed by atoms with Gasteiger partial charge in [-0.3, -0.25) is 4.79 Å². The average Bonchev–Trinajstić information content (AvgIpc) is 2.91. The largest absolute Gasteiger partial charge is 0.496 e. The van der Waals surface area contributed by atoms with Crippen LogP contribution in [0.2, 0.25) is 5.15 Å². The van der Waals surface area contributed by atoms with Gasteiger partial charge in [0.2, 0.25) is 0 Å². The summed E-state index contributed by atoms with van der Waals surface area (Å²) >= 11 is 6.27. The van der Waals surface area contributed by atoms with Crippen molar-refractivity contribution in [2.75, 3.05) is 7.11 Å². The molecule has 0 spiro atoms. The normalized spacial score (nSPS) is 10.6. The summed E-state index contributed by atoms with van der Waals surface area (Å²) in [5.74, 6) is 0.283. The van der Waals surface area contributed by atoms with E-state index in [9.17, 15) is 9.90 Å². The highest BCUT2D eigenvalue weighted by molar-refractivity contribution is 6.30. The lowest BCUT2D eigenvalue weighted by atomic mass is 10.1. The number of carboxylic acid groups (broad SMARTS) is 1. The highest BCUT2D eigenvalue weighted by Crippen LogP contribution is 2.33. The number of aliphatic carboxylic acids is 1.